The number of ether oxygens (including phenoxy) is 1. The number of furan rings is 1. The van der Waals surface area contributed by atoms with Gasteiger partial charge in [0.25, 0.3) is 5.91 Å². The molecule has 0 spiro atoms. The van der Waals surface area contributed by atoms with Crippen LogP contribution in [0, 0.1) is 0 Å². The maximum atomic E-state index is 12.4. The van der Waals surface area contributed by atoms with Gasteiger partial charge in [0.05, 0.1) is 0 Å². The van der Waals surface area contributed by atoms with Crippen LogP contribution in [0.1, 0.15) is 23.0 Å². The van der Waals surface area contributed by atoms with Gasteiger partial charge < -0.3 is 14.5 Å². The zero-order valence-corrected chi connectivity index (χ0v) is 14.0. The lowest BCUT2D eigenvalue weighted by atomic mass is 10.1. The number of carbonyl (C=O) groups excluding carboxylic acids is 1. The van der Waals surface area contributed by atoms with Gasteiger partial charge in [-0.25, -0.2) is 0 Å². The second-order valence-electron chi connectivity index (χ2n) is 5.67. The summed E-state index contributed by atoms with van der Waals surface area (Å²) in [5.74, 6) is 0.917. The molecule has 1 unspecified atom stereocenters. The van der Waals surface area contributed by atoms with Crippen LogP contribution in [-0.4, -0.2) is 12.0 Å². The van der Waals surface area contributed by atoms with E-state index in [0.717, 1.165) is 33.3 Å². The molecule has 5 heteroatoms. The van der Waals surface area contributed by atoms with Crippen molar-refractivity contribution in [1.82, 2.24) is 0 Å². The lowest BCUT2D eigenvalue weighted by Crippen LogP contribution is -2.10. The fourth-order valence-electron chi connectivity index (χ4n) is 2.83. The Hall–Kier alpha value is -2.27. The van der Waals surface area contributed by atoms with E-state index in [4.69, 9.17) is 9.15 Å². The van der Waals surface area contributed by atoms with E-state index in [9.17, 15) is 4.79 Å². The van der Waals surface area contributed by atoms with Crippen molar-refractivity contribution in [1.29, 1.82) is 0 Å². The number of carbonyl (C=O) groups is 1. The molecule has 3 aromatic rings. The van der Waals surface area contributed by atoms with Crippen LogP contribution in [0.3, 0.4) is 0 Å². The number of halogens is 1. The molecule has 2 aromatic carbocycles. The summed E-state index contributed by atoms with van der Waals surface area (Å²) in [7, 11) is 0. The molecule has 0 saturated carbocycles. The number of amides is 1. The second-order valence-corrected chi connectivity index (χ2v) is 6.53. The molecule has 4 nitrogen and oxygen atoms in total. The highest BCUT2D eigenvalue weighted by molar-refractivity contribution is 9.10. The number of anilines is 1. The predicted octanol–water partition coefficient (Wildman–Crippen LogP) is 4.77. The molecule has 0 fully saturated rings. The maximum Gasteiger partial charge on any atom is 0.291 e. The first-order valence-electron chi connectivity index (χ1n) is 7.39. The fourth-order valence-corrected chi connectivity index (χ4v) is 3.29. The van der Waals surface area contributed by atoms with E-state index in [2.05, 4.69) is 21.2 Å². The van der Waals surface area contributed by atoms with E-state index in [1.165, 1.54) is 0 Å². The number of hydrogen-bond donors (Lipinski definition) is 1. The average Bonchev–Trinajstić information content (AvgIpc) is 3.10. The van der Waals surface area contributed by atoms with Crippen molar-refractivity contribution in [3.05, 3.63) is 58.3 Å². The van der Waals surface area contributed by atoms with E-state index in [1.54, 1.807) is 6.07 Å². The number of nitrogens with one attached hydrogen (secondary N) is 1. The Bertz CT molecular complexity index is 916. The fraction of sp³-hybridized carbons (Fsp3) is 0.167. The van der Waals surface area contributed by atoms with Gasteiger partial charge in [-0.1, -0.05) is 22.0 Å². The van der Waals surface area contributed by atoms with E-state index in [0.29, 0.717) is 5.58 Å². The predicted molar refractivity (Wildman–Crippen MR) is 92.1 cm³/mol. The van der Waals surface area contributed by atoms with E-state index < -0.39 is 0 Å². The smallest absolute Gasteiger partial charge is 0.291 e. The van der Waals surface area contributed by atoms with Crippen molar-refractivity contribution in [3.8, 4) is 5.75 Å². The van der Waals surface area contributed by atoms with Crippen molar-refractivity contribution in [2.75, 3.05) is 5.32 Å². The van der Waals surface area contributed by atoms with Crippen molar-refractivity contribution < 1.29 is 13.9 Å². The molecule has 23 heavy (non-hydrogen) atoms. The van der Waals surface area contributed by atoms with Crippen LogP contribution in [0.25, 0.3) is 11.0 Å². The summed E-state index contributed by atoms with van der Waals surface area (Å²) in [6.07, 6.45) is 1.04. The highest BCUT2D eigenvalue weighted by Crippen LogP contribution is 2.31. The van der Waals surface area contributed by atoms with Crippen molar-refractivity contribution in [3.63, 3.8) is 0 Å². The average molecular weight is 372 g/mol. The van der Waals surface area contributed by atoms with Gasteiger partial charge in [0.15, 0.2) is 5.76 Å². The van der Waals surface area contributed by atoms with Gasteiger partial charge in [-0.3, -0.25) is 4.79 Å². The molecule has 4 rings (SSSR count). The first kappa shape index (κ1) is 14.3. The Kier molecular flexibility index (Phi) is 3.38. The Labute approximate surface area is 141 Å². The third kappa shape index (κ3) is 2.61. The second kappa shape index (κ2) is 5.42. The molecular weight excluding hydrogens is 358 g/mol. The third-order valence-electron chi connectivity index (χ3n) is 3.89. The Morgan fingerprint density at radius 3 is 2.96 bits per heavy atom. The van der Waals surface area contributed by atoms with Crippen molar-refractivity contribution >= 4 is 38.5 Å². The number of fused-ring (bicyclic) bond motifs is 2. The summed E-state index contributed by atoms with van der Waals surface area (Å²) in [5.41, 5.74) is 2.54. The minimum Gasteiger partial charge on any atom is -0.490 e. The molecule has 1 N–H and O–H groups in total. The van der Waals surface area contributed by atoms with Crippen LogP contribution in [0.2, 0.25) is 0 Å². The van der Waals surface area contributed by atoms with Gasteiger partial charge in [0.1, 0.15) is 17.4 Å². The highest BCUT2D eigenvalue weighted by atomic mass is 79.9. The van der Waals surface area contributed by atoms with E-state index in [1.807, 2.05) is 43.3 Å². The summed E-state index contributed by atoms with van der Waals surface area (Å²) < 4.78 is 12.2. The number of hydrogen-bond acceptors (Lipinski definition) is 3. The first-order valence-corrected chi connectivity index (χ1v) is 8.18. The molecular formula is C18H14BrNO3. The molecule has 1 amide bonds. The molecule has 1 atom stereocenters. The van der Waals surface area contributed by atoms with Gasteiger partial charge in [0.2, 0.25) is 0 Å². The topological polar surface area (TPSA) is 51.5 Å². The molecule has 0 radical (unpaired) electrons. The van der Waals surface area contributed by atoms with Gasteiger partial charge in [-0.05, 0) is 48.9 Å². The first-order chi connectivity index (χ1) is 11.1. The highest BCUT2D eigenvalue weighted by Gasteiger charge is 2.20. The quantitative estimate of drug-likeness (QED) is 0.705. The molecule has 2 heterocycles. The van der Waals surface area contributed by atoms with Crippen LogP contribution >= 0.6 is 15.9 Å². The summed E-state index contributed by atoms with van der Waals surface area (Å²) in [5, 5.41) is 3.76. The largest absolute Gasteiger partial charge is 0.490 e. The van der Waals surface area contributed by atoms with Gasteiger partial charge in [-0.2, -0.15) is 0 Å². The maximum absolute atomic E-state index is 12.4. The minimum atomic E-state index is -0.264. The SMILES string of the molecule is CC1Cc2cc(NC(=O)c3cc4c(Br)cccc4o3)ccc2O1. The zero-order valence-electron chi connectivity index (χ0n) is 12.4. The molecule has 1 aliphatic heterocycles. The van der Waals surface area contributed by atoms with Crippen LogP contribution in [-0.2, 0) is 6.42 Å². The Balaban J connectivity index is 1.60. The number of benzene rings is 2. The molecule has 0 bridgehead atoms. The van der Waals surface area contributed by atoms with E-state index in [-0.39, 0.29) is 17.8 Å². The van der Waals surface area contributed by atoms with Crippen LogP contribution < -0.4 is 10.1 Å². The van der Waals surface area contributed by atoms with E-state index >= 15 is 0 Å². The molecule has 0 saturated heterocycles. The van der Waals surface area contributed by atoms with Gasteiger partial charge >= 0.3 is 0 Å². The Morgan fingerprint density at radius 1 is 1.26 bits per heavy atom. The van der Waals surface area contributed by atoms with Crippen molar-refractivity contribution in [2.24, 2.45) is 0 Å². The molecule has 116 valence electrons. The molecule has 1 aromatic heterocycles. The number of rotatable bonds is 2. The lowest BCUT2D eigenvalue weighted by molar-refractivity contribution is 0.0998. The zero-order chi connectivity index (χ0) is 16.0. The monoisotopic (exact) mass is 371 g/mol. The summed E-state index contributed by atoms with van der Waals surface area (Å²) in [6.45, 7) is 2.03. The van der Waals surface area contributed by atoms with Crippen molar-refractivity contribution in [2.45, 2.75) is 19.4 Å². The van der Waals surface area contributed by atoms with Gasteiger partial charge in [-0.15, -0.1) is 0 Å². The standard InChI is InChI=1S/C18H14BrNO3/c1-10-7-11-8-12(5-6-15(11)22-10)20-18(21)17-9-13-14(19)3-2-4-16(13)23-17/h2-6,8-10H,7H2,1H3,(H,20,21). The van der Waals surface area contributed by atoms with Gasteiger partial charge in [0, 0.05) is 22.0 Å². The molecule has 1 aliphatic rings. The molecule has 0 aliphatic carbocycles. The van der Waals surface area contributed by atoms with Crippen LogP contribution in [0.5, 0.6) is 5.75 Å². The lowest BCUT2D eigenvalue weighted by Gasteiger charge is -2.05. The summed E-state index contributed by atoms with van der Waals surface area (Å²) in [4.78, 5) is 12.4. The Morgan fingerprint density at radius 2 is 2.13 bits per heavy atom. The minimum absolute atomic E-state index is 0.184. The normalized spacial score (nSPS) is 16.2. The third-order valence-corrected chi connectivity index (χ3v) is 4.58. The summed E-state index contributed by atoms with van der Waals surface area (Å²) in [6, 6.07) is 13.1. The van der Waals surface area contributed by atoms with Crippen LogP contribution in [0.4, 0.5) is 5.69 Å². The van der Waals surface area contributed by atoms with Crippen LogP contribution in [0.15, 0.2) is 51.4 Å². The summed E-state index contributed by atoms with van der Waals surface area (Å²) >= 11 is 3.46.